The van der Waals surface area contributed by atoms with Crippen molar-refractivity contribution >= 4 is 22.4 Å². The SMILES string of the molecule is Cc1[nH]nc2ncc(CNc3cccc(N4CCOCC4)c3)cc12. The summed E-state index contributed by atoms with van der Waals surface area (Å²) in [5.74, 6) is 0. The Balaban J connectivity index is 1.47. The highest BCUT2D eigenvalue weighted by Crippen LogP contribution is 2.21. The van der Waals surface area contributed by atoms with Crippen LogP contribution >= 0.6 is 0 Å². The number of benzene rings is 1. The molecule has 24 heavy (non-hydrogen) atoms. The van der Waals surface area contributed by atoms with Gasteiger partial charge in [-0.2, -0.15) is 5.10 Å². The van der Waals surface area contributed by atoms with Crippen LogP contribution in [0.1, 0.15) is 11.3 Å². The van der Waals surface area contributed by atoms with Gasteiger partial charge in [0.15, 0.2) is 5.65 Å². The Kier molecular flexibility index (Phi) is 4.04. The van der Waals surface area contributed by atoms with E-state index in [0.717, 1.165) is 60.8 Å². The Bertz CT molecular complexity index is 838. The molecule has 1 aromatic carbocycles. The van der Waals surface area contributed by atoms with Gasteiger partial charge in [0.05, 0.1) is 13.2 Å². The standard InChI is InChI=1S/C18H21N5O/c1-13-17-9-14(12-20-18(17)22-21-13)11-19-15-3-2-4-16(10-15)23-5-7-24-8-6-23/h2-4,9-10,12,19H,5-8,11H2,1H3,(H,20,21,22). The van der Waals surface area contributed by atoms with Gasteiger partial charge >= 0.3 is 0 Å². The summed E-state index contributed by atoms with van der Waals surface area (Å²) in [6.45, 7) is 6.24. The van der Waals surface area contributed by atoms with Crippen molar-refractivity contribution in [3.05, 3.63) is 47.8 Å². The Labute approximate surface area is 140 Å². The van der Waals surface area contributed by atoms with Gasteiger partial charge in [-0.15, -0.1) is 0 Å². The van der Waals surface area contributed by atoms with Crippen molar-refractivity contribution in [2.24, 2.45) is 0 Å². The zero-order valence-electron chi connectivity index (χ0n) is 13.7. The molecule has 0 saturated carbocycles. The number of pyridine rings is 1. The predicted octanol–water partition coefficient (Wildman–Crippen LogP) is 2.72. The van der Waals surface area contributed by atoms with E-state index in [-0.39, 0.29) is 0 Å². The lowest BCUT2D eigenvalue weighted by Gasteiger charge is -2.29. The largest absolute Gasteiger partial charge is 0.381 e. The molecule has 0 bridgehead atoms. The maximum Gasteiger partial charge on any atom is 0.181 e. The van der Waals surface area contributed by atoms with E-state index in [0.29, 0.717) is 0 Å². The number of ether oxygens (including phenoxy) is 1. The van der Waals surface area contributed by atoms with E-state index in [1.54, 1.807) is 0 Å². The molecule has 4 rings (SSSR count). The number of fused-ring (bicyclic) bond motifs is 1. The lowest BCUT2D eigenvalue weighted by Crippen LogP contribution is -2.36. The summed E-state index contributed by atoms with van der Waals surface area (Å²) >= 11 is 0. The summed E-state index contributed by atoms with van der Waals surface area (Å²) in [5, 5.41) is 11.7. The molecule has 2 N–H and O–H groups in total. The first-order valence-electron chi connectivity index (χ1n) is 8.26. The molecule has 3 heterocycles. The molecule has 6 heteroatoms. The number of aryl methyl sites for hydroxylation is 1. The molecule has 2 aromatic heterocycles. The monoisotopic (exact) mass is 323 g/mol. The van der Waals surface area contributed by atoms with E-state index in [2.05, 4.69) is 55.7 Å². The Hall–Kier alpha value is -2.60. The third kappa shape index (κ3) is 3.05. The molecule has 124 valence electrons. The van der Waals surface area contributed by atoms with Crippen molar-refractivity contribution in [2.45, 2.75) is 13.5 Å². The molecule has 6 nitrogen and oxygen atoms in total. The molecule has 1 fully saturated rings. The van der Waals surface area contributed by atoms with Crippen LogP contribution in [0, 0.1) is 6.92 Å². The van der Waals surface area contributed by atoms with E-state index in [9.17, 15) is 0 Å². The summed E-state index contributed by atoms with van der Waals surface area (Å²) in [7, 11) is 0. The number of hydrogen-bond donors (Lipinski definition) is 2. The minimum atomic E-state index is 0.736. The van der Waals surface area contributed by atoms with Crippen LogP contribution in [0.4, 0.5) is 11.4 Å². The number of morpholine rings is 1. The van der Waals surface area contributed by atoms with Crippen molar-refractivity contribution < 1.29 is 4.74 Å². The maximum absolute atomic E-state index is 5.42. The van der Waals surface area contributed by atoms with Crippen molar-refractivity contribution in [3.8, 4) is 0 Å². The third-order valence-electron chi connectivity index (χ3n) is 4.38. The number of aromatic nitrogens is 3. The molecule has 0 aliphatic carbocycles. The van der Waals surface area contributed by atoms with Crippen LogP contribution in [0.25, 0.3) is 11.0 Å². The fourth-order valence-electron chi connectivity index (χ4n) is 3.00. The molecule has 1 saturated heterocycles. The Morgan fingerprint density at radius 1 is 1.25 bits per heavy atom. The first-order valence-corrected chi connectivity index (χ1v) is 8.26. The number of anilines is 2. The van der Waals surface area contributed by atoms with E-state index >= 15 is 0 Å². The quantitative estimate of drug-likeness (QED) is 0.773. The van der Waals surface area contributed by atoms with Crippen LogP contribution in [-0.4, -0.2) is 41.5 Å². The van der Waals surface area contributed by atoms with Crippen LogP contribution in [0.15, 0.2) is 36.5 Å². The molecule has 3 aromatic rings. The number of hydrogen-bond acceptors (Lipinski definition) is 5. The lowest BCUT2D eigenvalue weighted by molar-refractivity contribution is 0.122. The first kappa shape index (κ1) is 15.0. The summed E-state index contributed by atoms with van der Waals surface area (Å²) < 4.78 is 5.42. The van der Waals surface area contributed by atoms with E-state index in [1.165, 1.54) is 5.69 Å². The number of nitrogens with one attached hydrogen (secondary N) is 2. The van der Waals surface area contributed by atoms with Gasteiger partial charge in [-0.1, -0.05) is 6.07 Å². The summed E-state index contributed by atoms with van der Waals surface area (Å²) in [6.07, 6.45) is 1.88. The van der Waals surface area contributed by atoms with Crippen LogP contribution < -0.4 is 10.2 Å². The lowest BCUT2D eigenvalue weighted by atomic mass is 10.2. The van der Waals surface area contributed by atoms with Crippen molar-refractivity contribution in [1.29, 1.82) is 0 Å². The summed E-state index contributed by atoms with van der Waals surface area (Å²) in [5.41, 5.74) is 5.31. The van der Waals surface area contributed by atoms with Crippen molar-refractivity contribution in [1.82, 2.24) is 15.2 Å². The van der Waals surface area contributed by atoms with Gasteiger partial charge in [-0.3, -0.25) is 5.10 Å². The third-order valence-corrected chi connectivity index (χ3v) is 4.38. The zero-order valence-corrected chi connectivity index (χ0v) is 13.7. The number of H-pyrrole nitrogens is 1. The number of aromatic amines is 1. The van der Waals surface area contributed by atoms with Gasteiger partial charge in [0.1, 0.15) is 0 Å². The van der Waals surface area contributed by atoms with E-state index in [4.69, 9.17) is 4.74 Å². The van der Waals surface area contributed by atoms with Gasteiger partial charge in [0.25, 0.3) is 0 Å². The second kappa shape index (κ2) is 6.49. The molecular weight excluding hydrogens is 302 g/mol. The average molecular weight is 323 g/mol. The topological polar surface area (TPSA) is 66.1 Å². The maximum atomic E-state index is 5.42. The van der Waals surface area contributed by atoms with Gasteiger partial charge in [-0.25, -0.2) is 4.98 Å². The highest BCUT2D eigenvalue weighted by Gasteiger charge is 2.11. The Morgan fingerprint density at radius 2 is 2.12 bits per heavy atom. The highest BCUT2D eigenvalue weighted by atomic mass is 16.5. The van der Waals surface area contributed by atoms with Gasteiger partial charge in [0, 0.05) is 48.3 Å². The summed E-state index contributed by atoms with van der Waals surface area (Å²) in [6, 6.07) is 10.7. The van der Waals surface area contributed by atoms with Crippen LogP contribution in [0.2, 0.25) is 0 Å². The normalized spacial score (nSPS) is 15.0. The fraction of sp³-hybridized carbons (Fsp3) is 0.333. The molecular formula is C18H21N5O. The van der Waals surface area contributed by atoms with Crippen molar-refractivity contribution in [3.63, 3.8) is 0 Å². The van der Waals surface area contributed by atoms with E-state index in [1.807, 2.05) is 13.1 Å². The Morgan fingerprint density at radius 3 is 3.00 bits per heavy atom. The second-order valence-corrected chi connectivity index (χ2v) is 6.07. The molecule has 0 atom stereocenters. The number of rotatable bonds is 4. The highest BCUT2D eigenvalue weighted by molar-refractivity contribution is 5.77. The minimum Gasteiger partial charge on any atom is -0.381 e. The van der Waals surface area contributed by atoms with Crippen LogP contribution in [0.5, 0.6) is 0 Å². The zero-order chi connectivity index (χ0) is 16.4. The average Bonchev–Trinajstić information content (AvgIpc) is 3.02. The first-order chi connectivity index (χ1) is 11.8. The van der Waals surface area contributed by atoms with Gasteiger partial charge in [0.2, 0.25) is 0 Å². The minimum absolute atomic E-state index is 0.736. The predicted molar refractivity (Wildman–Crippen MR) is 95.4 cm³/mol. The molecule has 0 radical (unpaired) electrons. The molecule has 0 spiro atoms. The van der Waals surface area contributed by atoms with E-state index < -0.39 is 0 Å². The second-order valence-electron chi connectivity index (χ2n) is 6.07. The molecule has 1 aliphatic rings. The van der Waals surface area contributed by atoms with Gasteiger partial charge < -0.3 is 15.0 Å². The van der Waals surface area contributed by atoms with Gasteiger partial charge in [-0.05, 0) is 36.8 Å². The smallest absolute Gasteiger partial charge is 0.181 e. The summed E-state index contributed by atoms with van der Waals surface area (Å²) in [4.78, 5) is 6.76. The molecule has 1 aliphatic heterocycles. The van der Waals surface area contributed by atoms with Crippen molar-refractivity contribution in [2.75, 3.05) is 36.5 Å². The van der Waals surface area contributed by atoms with Crippen LogP contribution in [-0.2, 0) is 11.3 Å². The van der Waals surface area contributed by atoms with Crippen LogP contribution in [0.3, 0.4) is 0 Å². The molecule has 0 amide bonds. The molecule has 0 unspecified atom stereocenters. The number of nitrogens with zero attached hydrogens (tertiary/aromatic N) is 3. The fourth-order valence-corrected chi connectivity index (χ4v) is 3.00.